The molecule has 0 radical (unpaired) electrons. The van der Waals surface area contributed by atoms with E-state index in [2.05, 4.69) is 20.6 Å². The molecule has 2 N–H and O–H groups in total. The van der Waals surface area contributed by atoms with Gasteiger partial charge in [0, 0.05) is 26.0 Å². The Bertz CT molecular complexity index is 421. The zero-order valence-corrected chi connectivity index (χ0v) is 10.9. The quantitative estimate of drug-likeness (QED) is 0.850. The van der Waals surface area contributed by atoms with Gasteiger partial charge in [-0.1, -0.05) is 0 Å². The third-order valence-corrected chi connectivity index (χ3v) is 2.95. The fourth-order valence-corrected chi connectivity index (χ4v) is 1.86. The number of methoxy groups -OCH3 is 1. The summed E-state index contributed by atoms with van der Waals surface area (Å²) in [5.74, 6) is 0.899. The fraction of sp³-hybridized carbons (Fsp3) is 0.583. The lowest BCUT2D eigenvalue weighted by Gasteiger charge is -2.22. The highest BCUT2D eigenvalue weighted by molar-refractivity contribution is 5.88. The molecule has 0 saturated carbocycles. The van der Waals surface area contributed by atoms with Gasteiger partial charge in [0.15, 0.2) is 0 Å². The number of carbonyl (C=O) groups is 1. The predicted molar refractivity (Wildman–Crippen MR) is 69.1 cm³/mol. The highest BCUT2D eigenvalue weighted by Crippen LogP contribution is 2.13. The summed E-state index contributed by atoms with van der Waals surface area (Å²) in [6.45, 7) is 2.20. The minimum Gasteiger partial charge on any atom is -0.467 e. The third kappa shape index (κ3) is 4.36. The molecule has 1 saturated heterocycles. The Morgan fingerprint density at radius 1 is 1.53 bits per heavy atom. The van der Waals surface area contributed by atoms with Crippen molar-refractivity contribution < 1.29 is 14.3 Å². The molecule has 7 heteroatoms. The standard InChI is InChI=1S/C12H18N4O3/c1-18-12-13-5-2-10(16-12)15-11(17)14-8-9-3-6-19-7-4-9/h2,5,9H,3-4,6-8H2,1H3,(H2,13,14,15,16,17). The molecule has 1 aromatic rings. The Balaban J connectivity index is 1.76. The minimum atomic E-state index is -0.271. The van der Waals surface area contributed by atoms with Gasteiger partial charge >= 0.3 is 12.0 Å². The van der Waals surface area contributed by atoms with E-state index in [4.69, 9.17) is 9.47 Å². The van der Waals surface area contributed by atoms with E-state index >= 15 is 0 Å². The summed E-state index contributed by atoms with van der Waals surface area (Å²) in [6, 6.07) is 1.56. The molecule has 2 amide bonds. The summed E-state index contributed by atoms with van der Waals surface area (Å²) < 4.78 is 10.2. The van der Waals surface area contributed by atoms with Crippen LogP contribution in [0.1, 0.15) is 12.8 Å². The van der Waals surface area contributed by atoms with Gasteiger partial charge in [0.1, 0.15) is 5.82 Å². The number of anilines is 1. The van der Waals surface area contributed by atoms with Crippen molar-refractivity contribution in [2.24, 2.45) is 5.92 Å². The molecule has 0 unspecified atom stereocenters. The van der Waals surface area contributed by atoms with Gasteiger partial charge in [-0.3, -0.25) is 5.32 Å². The molecular weight excluding hydrogens is 248 g/mol. The first-order valence-electron chi connectivity index (χ1n) is 6.27. The van der Waals surface area contributed by atoms with Crippen LogP contribution in [0.3, 0.4) is 0 Å². The zero-order valence-electron chi connectivity index (χ0n) is 10.9. The van der Waals surface area contributed by atoms with Gasteiger partial charge < -0.3 is 14.8 Å². The third-order valence-electron chi connectivity index (χ3n) is 2.95. The van der Waals surface area contributed by atoms with E-state index in [9.17, 15) is 4.79 Å². The van der Waals surface area contributed by atoms with Crippen molar-refractivity contribution in [3.8, 4) is 6.01 Å². The maximum Gasteiger partial charge on any atom is 0.320 e. The van der Waals surface area contributed by atoms with Gasteiger partial charge in [-0.25, -0.2) is 9.78 Å². The number of carbonyl (C=O) groups excluding carboxylic acids is 1. The van der Waals surface area contributed by atoms with Crippen molar-refractivity contribution in [3.63, 3.8) is 0 Å². The van der Waals surface area contributed by atoms with E-state index in [0.29, 0.717) is 18.3 Å². The monoisotopic (exact) mass is 266 g/mol. The van der Waals surface area contributed by atoms with Crippen molar-refractivity contribution in [2.45, 2.75) is 12.8 Å². The second-order valence-electron chi connectivity index (χ2n) is 4.32. The molecule has 19 heavy (non-hydrogen) atoms. The van der Waals surface area contributed by atoms with Crippen molar-refractivity contribution >= 4 is 11.8 Å². The molecule has 1 aliphatic heterocycles. The zero-order chi connectivity index (χ0) is 13.5. The van der Waals surface area contributed by atoms with Crippen molar-refractivity contribution in [1.82, 2.24) is 15.3 Å². The number of amides is 2. The average molecular weight is 266 g/mol. The van der Waals surface area contributed by atoms with E-state index in [1.54, 1.807) is 6.07 Å². The molecular formula is C12H18N4O3. The van der Waals surface area contributed by atoms with E-state index in [-0.39, 0.29) is 12.0 Å². The highest BCUT2D eigenvalue weighted by atomic mass is 16.5. The van der Waals surface area contributed by atoms with Gasteiger partial charge in [-0.15, -0.1) is 0 Å². The maximum absolute atomic E-state index is 11.7. The number of urea groups is 1. The minimum absolute atomic E-state index is 0.224. The molecule has 2 heterocycles. The van der Waals surface area contributed by atoms with Crippen LogP contribution >= 0.6 is 0 Å². The normalized spacial score (nSPS) is 15.8. The number of hydrogen-bond acceptors (Lipinski definition) is 5. The molecule has 0 aliphatic carbocycles. The second-order valence-corrected chi connectivity index (χ2v) is 4.32. The van der Waals surface area contributed by atoms with Crippen LogP contribution in [0, 0.1) is 5.92 Å². The highest BCUT2D eigenvalue weighted by Gasteiger charge is 2.14. The Labute approximate surface area is 111 Å². The number of ether oxygens (including phenoxy) is 2. The Kier molecular flexibility index (Phi) is 4.91. The number of rotatable bonds is 4. The van der Waals surface area contributed by atoms with Crippen LogP contribution in [0.2, 0.25) is 0 Å². The first kappa shape index (κ1) is 13.5. The Morgan fingerprint density at radius 2 is 2.32 bits per heavy atom. The van der Waals surface area contributed by atoms with Gasteiger partial charge in [-0.2, -0.15) is 4.98 Å². The van der Waals surface area contributed by atoms with Gasteiger partial charge in [-0.05, 0) is 24.8 Å². The first-order chi connectivity index (χ1) is 9.28. The molecule has 0 aromatic carbocycles. The molecule has 1 aromatic heterocycles. The summed E-state index contributed by atoms with van der Waals surface area (Å²) in [5.41, 5.74) is 0. The average Bonchev–Trinajstić information content (AvgIpc) is 2.46. The number of aromatic nitrogens is 2. The lowest BCUT2D eigenvalue weighted by Crippen LogP contribution is -2.35. The molecule has 0 atom stereocenters. The lowest BCUT2D eigenvalue weighted by atomic mass is 10.0. The summed E-state index contributed by atoms with van der Waals surface area (Å²) in [5, 5.41) is 5.48. The van der Waals surface area contributed by atoms with Crippen LogP contribution < -0.4 is 15.4 Å². The molecule has 2 rings (SSSR count). The van der Waals surface area contributed by atoms with E-state index in [1.165, 1.54) is 13.3 Å². The largest absolute Gasteiger partial charge is 0.467 e. The summed E-state index contributed by atoms with van der Waals surface area (Å²) in [7, 11) is 1.48. The van der Waals surface area contributed by atoms with Gasteiger partial charge in [0.25, 0.3) is 0 Å². The van der Waals surface area contributed by atoms with E-state index < -0.39 is 0 Å². The SMILES string of the molecule is COc1nccc(NC(=O)NCC2CCOCC2)n1. The first-order valence-corrected chi connectivity index (χ1v) is 6.27. The molecule has 104 valence electrons. The number of nitrogens with zero attached hydrogens (tertiary/aromatic N) is 2. The molecule has 1 aliphatic rings. The summed E-state index contributed by atoms with van der Waals surface area (Å²) >= 11 is 0. The lowest BCUT2D eigenvalue weighted by molar-refractivity contribution is 0.0671. The Morgan fingerprint density at radius 3 is 3.05 bits per heavy atom. The van der Waals surface area contributed by atoms with Crippen LogP contribution in [-0.2, 0) is 4.74 Å². The Hall–Kier alpha value is -1.89. The smallest absolute Gasteiger partial charge is 0.320 e. The van der Waals surface area contributed by atoms with Gasteiger partial charge in [0.05, 0.1) is 7.11 Å². The fourth-order valence-electron chi connectivity index (χ4n) is 1.86. The van der Waals surface area contributed by atoms with Crippen LogP contribution in [0.15, 0.2) is 12.3 Å². The molecule has 1 fully saturated rings. The molecule has 0 bridgehead atoms. The van der Waals surface area contributed by atoms with Crippen molar-refractivity contribution in [3.05, 3.63) is 12.3 Å². The van der Waals surface area contributed by atoms with Crippen LogP contribution in [0.25, 0.3) is 0 Å². The topological polar surface area (TPSA) is 85.4 Å². The predicted octanol–water partition coefficient (Wildman–Crippen LogP) is 1.03. The second kappa shape index (κ2) is 6.89. The van der Waals surface area contributed by atoms with Crippen LogP contribution in [0.4, 0.5) is 10.6 Å². The van der Waals surface area contributed by atoms with E-state index in [0.717, 1.165) is 26.1 Å². The number of nitrogens with one attached hydrogen (secondary N) is 2. The number of hydrogen-bond donors (Lipinski definition) is 2. The maximum atomic E-state index is 11.7. The molecule has 7 nitrogen and oxygen atoms in total. The van der Waals surface area contributed by atoms with Gasteiger partial charge in [0.2, 0.25) is 0 Å². The van der Waals surface area contributed by atoms with Crippen LogP contribution in [0.5, 0.6) is 6.01 Å². The molecule has 0 spiro atoms. The summed E-state index contributed by atoms with van der Waals surface area (Å²) in [4.78, 5) is 19.6. The van der Waals surface area contributed by atoms with Crippen molar-refractivity contribution in [1.29, 1.82) is 0 Å². The van der Waals surface area contributed by atoms with Crippen molar-refractivity contribution in [2.75, 3.05) is 32.2 Å². The summed E-state index contributed by atoms with van der Waals surface area (Å²) in [6.07, 6.45) is 3.50. The van der Waals surface area contributed by atoms with Crippen LogP contribution in [-0.4, -0.2) is 42.9 Å². The van der Waals surface area contributed by atoms with E-state index in [1.807, 2.05) is 0 Å².